The lowest BCUT2D eigenvalue weighted by Gasteiger charge is -2.28. The minimum absolute atomic E-state index is 0.00558. The molecule has 1 N–H and O–H groups in total. The maximum atomic E-state index is 12.9. The zero-order valence-electron chi connectivity index (χ0n) is 12.9. The Bertz CT molecular complexity index is 499. The van der Waals surface area contributed by atoms with Gasteiger partial charge in [-0.15, -0.1) is 0 Å². The molecule has 0 radical (unpaired) electrons. The first-order chi connectivity index (χ1) is 10.7. The fourth-order valence-electron chi connectivity index (χ4n) is 3.44. The monoisotopic (exact) mass is 305 g/mol. The van der Waals surface area contributed by atoms with Gasteiger partial charge in [0.1, 0.15) is 5.82 Å². The van der Waals surface area contributed by atoms with E-state index in [1.807, 2.05) is 4.90 Å². The summed E-state index contributed by atoms with van der Waals surface area (Å²) >= 11 is 0. The molecule has 120 valence electrons. The molecule has 0 saturated carbocycles. The highest BCUT2D eigenvalue weighted by molar-refractivity contribution is 5.74. The van der Waals surface area contributed by atoms with E-state index in [9.17, 15) is 9.18 Å². The molecule has 2 amide bonds. The standard InChI is InChI=1S/C17H24FN3O/c18-15-7-5-14(6-8-15)12-19-17(22)21-11-3-4-16(21)13-20-9-1-2-10-20/h5-8,16H,1-4,9-13H2,(H,19,22)/t16-/m1/s1. The summed E-state index contributed by atoms with van der Waals surface area (Å²) in [4.78, 5) is 16.8. The van der Waals surface area contributed by atoms with Gasteiger partial charge >= 0.3 is 6.03 Å². The Morgan fingerprint density at radius 1 is 1.14 bits per heavy atom. The number of nitrogens with one attached hydrogen (secondary N) is 1. The van der Waals surface area contributed by atoms with Crippen LogP contribution >= 0.6 is 0 Å². The van der Waals surface area contributed by atoms with Crippen molar-refractivity contribution in [2.24, 2.45) is 0 Å². The Balaban J connectivity index is 1.50. The fraction of sp³-hybridized carbons (Fsp3) is 0.588. The topological polar surface area (TPSA) is 35.6 Å². The smallest absolute Gasteiger partial charge is 0.317 e. The largest absolute Gasteiger partial charge is 0.334 e. The van der Waals surface area contributed by atoms with Gasteiger partial charge in [-0.25, -0.2) is 9.18 Å². The zero-order chi connectivity index (χ0) is 15.4. The van der Waals surface area contributed by atoms with E-state index < -0.39 is 0 Å². The molecule has 3 rings (SSSR count). The summed E-state index contributed by atoms with van der Waals surface area (Å²) in [6.07, 6.45) is 4.75. The lowest BCUT2D eigenvalue weighted by molar-refractivity contribution is 0.174. The van der Waals surface area contributed by atoms with Crippen molar-refractivity contribution >= 4 is 6.03 Å². The van der Waals surface area contributed by atoms with Gasteiger partial charge in [-0.3, -0.25) is 0 Å². The van der Waals surface area contributed by atoms with Crippen molar-refractivity contribution in [3.8, 4) is 0 Å². The number of amides is 2. The Labute approximate surface area is 131 Å². The van der Waals surface area contributed by atoms with Gasteiger partial charge < -0.3 is 15.1 Å². The molecule has 0 bridgehead atoms. The Morgan fingerprint density at radius 2 is 1.86 bits per heavy atom. The predicted molar refractivity (Wildman–Crippen MR) is 84.0 cm³/mol. The molecule has 2 aliphatic rings. The lowest BCUT2D eigenvalue weighted by Crippen LogP contribution is -2.46. The quantitative estimate of drug-likeness (QED) is 0.928. The van der Waals surface area contributed by atoms with Crippen molar-refractivity contribution in [1.82, 2.24) is 15.1 Å². The molecular formula is C17H24FN3O. The van der Waals surface area contributed by atoms with Crippen LogP contribution in [0.15, 0.2) is 24.3 Å². The van der Waals surface area contributed by atoms with Crippen molar-refractivity contribution in [2.45, 2.75) is 38.3 Å². The number of benzene rings is 1. The number of rotatable bonds is 4. The van der Waals surface area contributed by atoms with E-state index >= 15 is 0 Å². The van der Waals surface area contributed by atoms with Gasteiger partial charge in [0.15, 0.2) is 0 Å². The number of likely N-dealkylation sites (tertiary alicyclic amines) is 2. The number of hydrogen-bond donors (Lipinski definition) is 1. The molecule has 0 aromatic heterocycles. The predicted octanol–water partition coefficient (Wildman–Crippen LogP) is 2.60. The van der Waals surface area contributed by atoms with E-state index in [1.165, 1.54) is 38.1 Å². The Morgan fingerprint density at radius 3 is 2.59 bits per heavy atom. The number of hydrogen-bond acceptors (Lipinski definition) is 2. The van der Waals surface area contributed by atoms with Crippen LogP contribution in [0, 0.1) is 5.82 Å². The van der Waals surface area contributed by atoms with Crippen LogP contribution < -0.4 is 5.32 Å². The van der Waals surface area contributed by atoms with Crippen molar-refractivity contribution in [2.75, 3.05) is 26.2 Å². The average Bonchev–Trinajstić information content (AvgIpc) is 3.19. The average molecular weight is 305 g/mol. The summed E-state index contributed by atoms with van der Waals surface area (Å²) in [7, 11) is 0. The van der Waals surface area contributed by atoms with Crippen LogP contribution in [0.1, 0.15) is 31.2 Å². The zero-order valence-corrected chi connectivity index (χ0v) is 12.9. The molecule has 2 saturated heterocycles. The van der Waals surface area contributed by atoms with Crippen LogP contribution in [-0.2, 0) is 6.54 Å². The summed E-state index contributed by atoms with van der Waals surface area (Å²) in [5, 5.41) is 2.96. The molecule has 0 unspecified atom stereocenters. The minimum atomic E-state index is -0.250. The summed E-state index contributed by atoms with van der Waals surface area (Å²) in [6, 6.07) is 6.61. The van der Waals surface area contributed by atoms with Crippen LogP contribution in [0.4, 0.5) is 9.18 Å². The molecule has 1 aromatic carbocycles. The summed E-state index contributed by atoms with van der Waals surface area (Å²) in [6.45, 7) is 4.63. The third-order valence-electron chi connectivity index (χ3n) is 4.66. The van der Waals surface area contributed by atoms with Crippen molar-refractivity contribution in [3.63, 3.8) is 0 Å². The number of carbonyl (C=O) groups is 1. The summed E-state index contributed by atoms with van der Waals surface area (Å²) in [5.74, 6) is -0.250. The Hall–Kier alpha value is -1.62. The van der Waals surface area contributed by atoms with E-state index in [1.54, 1.807) is 12.1 Å². The van der Waals surface area contributed by atoms with Gasteiger partial charge in [0.2, 0.25) is 0 Å². The van der Waals surface area contributed by atoms with E-state index in [0.29, 0.717) is 12.6 Å². The number of nitrogens with zero attached hydrogens (tertiary/aromatic N) is 2. The highest BCUT2D eigenvalue weighted by Crippen LogP contribution is 2.20. The highest BCUT2D eigenvalue weighted by atomic mass is 19.1. The van der Waals surface area contributed by atoms with Gasteiger partial charge in [0.05, 0.1) is 0 Å². The molecule has 4 nitrogen and oxygen atoms in total. The van der Waals surface area contributed by atoms with Gasteiger partial charge in [0.25, 0.3) is 0 Å². The van der Waals surface area contributed by atoms with E-state index in [2.05, 4.69) is 10.2 Å². The van der Waals surface area contributed by atoms with Gasteiger partial charge in [-0.05, 0) is 56.5 Å². The van der Waals surface area contributed by atoms with Crippen LogP contribution in [0.3, 0.4) is 0 Å². The number of halogens is 1. The summed E-state index contributed by atoms with van der Waals surface area (Å²) in [5.41, 5.74) is 0.921. The number of urea groups is 1. The maximum absolute atomic E-state index is 12.9. The molecule has 5 heteroatoms. The van der Waals surface area contributed by atoms with Crippen molar-refractivity contribution in [3.05, 3.63) is 35.6 Å². The molecule has 0 spiro atoms. The molecule has 2 aliphatic heterocycles. The third kappa shape index (κ3) is 3.77. The van der Waals surface area contributed by atoms with Gasteiger partial charge in [-0.2, -0.15) is 0 Å². The molecule has 2 heterocycles. The number of carbonyl (C=O) groups excluding carboxylic acids is 1. The fourth-order valence-corrected chi connectivity index (χ4v) is 3.44. The minimum Gasteiger partial charge on any atom is -0.334 e. The highest BCUT2D eigenvalue weighted by Gasteiger charge is 2.30. The molecule has 22 heavy (non-hydrogen) atoms. The molecule has 2 fully saturated rings. The Kier molecular flexibility index (Phi) is 4.93. The van der Waals surface area contributed by atoms with Gasteiger partial charge in [-0.1, -0.05) is 12.1 Å². The van der Waals surface area contributed by atoms with E-state index in [-0.39, 0.29) is 11.8 Å². The van der Waals surface area contributed by atoms with Gasteiger partial charge in [0, 0.05) is 25.7 Å². The SMILES string of the molecule is O=C(NCc1ccc(F)cc1)N1CCC[C@@H]1CN1CCCC1. The van der Waals surface area contributed by atoms with Crippen LogP contribution in [0.2, 0.25) is 0 Å². The normalized spacial score (nSPS) is 22.2. The molecular weight excluding hydrogens is 281 g/mol. The third-order valence-corrected chi connectivity index (χ3v) is 4.66. The maximum Gasteiger partial charge on any atom is 0.317 e. The molecule has 1 atom stereocenters. The van der Waals surface area contributed by atoms with Crippen LogP contribution in [-0.4, -0.2) is 48.1 Å². The lowest BCUT2D eigenvalue weighted by atomic mass is 10.2. The molecule has 0 aliphatic carbocycles. The second-order valence-electron chi connectivity index (χ2n) is 6.28. The van der Waals surface area contributed by atoms with E-state index in [0.717, 1.165) is 31.5 Å². The van der Waals surface area contributed by atoms with Crippen LogP contribution in [0.25, 0.3) is 0 Å². The van der Waals surface area contributed by atoms with Crippen molar-refractivity contribution < 1.29 is 9.18 Å². The molecule has 1 aromatic rings. The second-order valence-corrected chi connectivity index (χ2v) is 6.28. The van der Waals surface area contributed by atoms with E-state index in [4.69, 9.17) is 0 Å². The summed E-state index contributed by atoms with van der Waals surface area (Å²) < 4.78 is 12.9. The first kappa shape index (κ1) is 15.3. The van der Waals surface area contributed by atoms with Crippen LogP contribution in [0.5, 0.6) is 0 Å². The second kappa shape index (κ2) is 7.09. The van der Waals surface area contributed by atoms with Crippen molar-refractivity contribution in [1.29, 1.82) is 0 Å². The first-order valence-electron chi connectivity index (χ1n) is 8.23. The first-order valence-corrected chi connectivity index (χ1v) is 8.23.